The van der Waals surface area contributed by atoms with Crippen LogP contribution in [0.15, 0.2) is 24.3 Å². The van der Waals surface area contributed by atoms with Crippen molar-refractivity contribution in [2.45, 2.75) is 13.0 Å². The Morgan fingerprint density at radius 1 is 1.38 bits per heavy atom. The monoisotopic (exact) mass is 223 g/mol. The number of hydrogen-bond donors (Lipinski definition) is 2. The summed E-state index contributed by atoms with van der Waals surface area (Å²) in [6.45, 7) is 0.979. The Balaban J connectivity index is 2.69. The van der Waals surface area contributed by atoms with Gasteiger partial charge in [-0.05, 0) is 31.2 Å². The number of carbonyl (C=O) groups is 2. The highest BCUT2D eigenvalue weighted by molar-refractivity contribution is 5.94. The first-order chi connectivity index (χ1) is 7.54. The number of esters is 1. The van der Waals surface area contributed by atoms with Gasteiger partial charge in [0, 0.05) is 5.56 Å². The quantitative estimate of drug-likeness (QED) is 0.429. The smallest absolute Gasteiger partial charge is 0.330 e. The summed E-state index contributed by atoms with van der Waals surface area (Å²) in [6.07, 6.45) is 0. The molecule has 86 valence electrons. The summed E-state index contributed by atoms with van der Waals surface area (Å²) < 4.78 is 4.87. The maximum absolute atomic E-state index is 11.2. The van der Waals surface area contributed by atoms with Crippen LogP contribution in [0.25, 0.3) is 0 Å². The number of aliphatic hydroxyl groups is 1. The van der Waals surface area contributed by atoms with Gasteiger partial charge in [0.1, 0.15) is 11.8 Å². The topological polar surface area (TPSA) is 89.6 Å². The highest BCUT2D eigenvalue weighted by atomic mass is 16.5. The zero-order valence-corrected chi connectivity index (χ0v) is 8.84. The molecule has 0 saturated carbocycles. The van der Waals surface area contributed by atoms with Gasteiger partial charge in [-0.25, -0.2) is 4.79 Å². The lowest BCUT2D eigenvalue weighted by atomic mass is 10.1. The molecular weight excluding hydrogens is 210 g/mol. The zero-order chi connectivity index (χ0) is 12.1. The second kappa shape index (κ2) is 5.39. The van der Waals surface area contributed by atoms with Crippen LogP contribution in [0.5, 0.6) is 5.75 Å². The summed E-state index contributed by atoms with van der Waals surface area (Å²) in [4.78, 5) is 22.2. The molecule has 5 heteroatoms. The fraction of sp³-hybridized carbons (Fsp3) is 0.273. The summed E-state index contributed by atoms with van der Waals surface area (Å²) in [6, 6.07) is 5.05. The molecule has 0 aromatic heterocycles. The largest absolute Gasteiger partial charge is 0.425 e. The Morgan fingerprint density at radius 3 is 2.38 bits per heavy atom. The van der Waals surface area contributed by atoms with Gasteiger partial charge in [-0.15, -0.1) is 0 Å². The van der Waals surface area contributed by atoms with E-state index in [0.717, 1.165) is 0 Å². The molecule has 0 aliphatic heterocycles. The second-order valence-corrected chi connectivity index (χ2v) is 3.29. The van der Waals surface area contributed by atoms with Gasteiger partial charge < -0.3 is 15.6 Å². The summed E-state index contributed by atoms with van der Waals surface area (Å²) in [5, 5.41) is 8.63. The van der Waals surface area contributed by atoms with Gasteiger partial charge in [-0.2, -0.15) is 0 Å². The average molecular weight is 223 g/mol. The van der Waals surface area contributed by atoms with Crippen molar-refractivity contribution < 1.29 is 19.4 Å². The molecule has 0 bridgehead atoms. The summed E-state index contributed by atoms with van der Waals surface area (Å²) in [7, 11) is 0. The first-order valence-electron chi connectivity index (χ1n) is 4.73. The van der Waals surface area contributed by atoms with Crippen LogP contribution < -0.4 is 10.5 Å². The second-order valence-electron chi connectivity index (χ2n) is 3.29. The lowest BCUT2D eigenvalue weighted by Crippen LogP contribution is -2.37. The first kappa shape index (κ1) is 12.4. The van der Waals surface area contributed by atoms with E-state index in [1.54, 1.807) is 12.1 Å². The van der Waals surface area contributed by atoms with Gasteiger partial charge in [0.25, 0.3) is 0 Å². The molecule has 0 aliphatic rings. The number of ether oxygens (including phenoxy) is 1. The minimum absolute atomic E-state index is 0.0649. The number of ketones is 1. The molecule has 0 aliphatic carbocycles. The van der Waals surface area contributed by atoms with Crippen LogP contribution in [-0.4, -0.2) is 29.5 Å². The van der Waals surface area contributed by atoms with E-state index in [-0.39, 0.29) is 5.78 Å². The predicted octanol–water partition coefficient (Wildman–Crippen LogP) is 0.114. The Kier molecular flexibility index (Phi) is 4.16. The van der Waals surface area contributed by atoms with Gasteiger partial charge in [0.2, 0.25) is 0 Å². The van der Waals surface area contributed by atoms with Gasteiger partial charge >= 0.3 is 5.97 Å². The summed E-state index contributed by atoms with van der Waals surface area (Å²) >= 11 is 0. The van der Waals surface area contributed by atoms with Gasteiger partial charge in [0.15, 0.2) is 5.78 Å². The average Bonchev–Trinajstić information content (AvgIpc) is 2.28. The molecular formula is C11H13NO4. The first-order valence-corrected chi connectivity index (χ1v) is 4.73. The minimum Gasteiger partial charge on any atom is -0.425 e. The molecule has 0 spiro atoms. The van der Waals surface area contributed by atoms with Crippen LogP contribution in [0.4, 0.5) is 0 Å². The zero-order valence-electron chi connectivity index (χ0n) is 8.84. The van der Waals surface area contributed by atoms with Crippen LogP contribution in [0.3, 0.4) is 0 Å². The minimum atomic E-state index is -1.05. The van der Waals surface area contributed by atoms with Crippen molar-refractivity contribution in [2.75, 3.05) is 6.61 Å². The van der Waals surface area contributed by atoms with E-state index in [0.29, 0.717) is 11.3 Å². The Labute approximate surface area is 92.8 Å². The normalized spacial score (nSPS) is 11.9. The molecule has 3 N–H and O–H groups in total. The van der Waals surface area contributed by atoms with Crippen molar-refractivity contribution in [1.82, 2.24) is 0 Å². The number of benzene rings is 1. The number of aliphatic hydroxyl groups excluding tert-OH is 1. The fourth-order valence-corrected chi connectivity index (χ4v) is 1.02. The molecule has 1 rings (SSSR count). The van der Waals surface area contributed by atoms with E-state index >= 15 is 0 Å². The van der Waals surface area contributed by atoms with Crippen molar-refractivity contribution in [3.05, 3.63) is 29.8 Å². The third-order valence-corrected chi connectivity index (χ3v) is 1.98. The molecule has 1 atom stereocenters. The molecule has 0 amide bonds. The van der Waals surface area contributed by atoms with Gasteiger partial charge in [-0.1, -0.05) is 0 Å². The van der Waals surface area contributed by atoms with Crippen LogP contribution in [0, 0.1) is 0 Å². The number of Topliss-reactive ketones (excluding diaryl/α,β-unsaturated/α-hetero) is 1. The lowest BCUT2D eigenvalue weighted by molar-refractivity contribution is -0.136. The Bertz CT molecular complexity index is 385. The van der Waals surface area contributed by atoms with E-state index in [1.165, 1.54) is 19.1 Å². The number of rotatable bonds is 4. The summed E-state index contributed by atoms with van der Waals surface area (Å²) in [5.41, 5.74) is 5.80. The van der Waals surface area contributed by atoms with Crippen molar-refractivity contribution >= 4 is 11.8 Å². The molecule has 0 saturated heterocycles. The van der Waals surface area contributed by atoms with Crippen LogP contribution in [0.1, 0.15) is 17.3 Å². The molecule has 0 fully saturated rings. The lowest BCUT2D eigenvalue weighted by Gasteiger charge is -2.08. The number of hydrogen-bond acceptors (Lipinski definition) is 5. The fourth-order valence-electron chi connectivity index (χ4n) is 1.02. The molecule has 0 heterocycles. The highest BCUT2D eigenvalue weighted by Gasteiger charge is 2.14. The number of carbonyl (C=O) groups excluding carboxylic acids is 2. The highest BCUT2D eigenvalue weighted by Crippen LogP contribution is 2.13. The van der Waals surface area contributed by atoms with Crippen molar-refractivity contribution in [2.24, 2.45) is 5.73 Å². The van der Waals surface area contributed by atoms with Crippen LogP contribution >= 0.6 is 0 Å². The Morgan fingerprint density at radius 2 is 1.94 bits per heavy atom. The maximum atomic E-state index is 11.2. The molecule has 1 aromatic rings. The SMILES string of the molecule is CC(=O)c1ccc(OC(=O)[C@@H](N)CO)cc1. The molecule has 0 radical (unpaired) electrons. The standard InChI is InChI=1S/C11H13NO4/c1-7(14)8-2-4-9(5-3-8)16-11(15)10(12)6-13/h2-5,10,13H,6,12H2,1H3/t10-/m0/s1. The van der Waals surface area contributed by atoms with E-state index < -0.39 is 18.6 Å². The third-order valence-electron chi connectivity index (χ3n) is 1.98. The number of nitrogens with two attached hydrogens (primary N) is 1. The molecule has 0 unspecified atom stereocenters. The van der Waals surface area contributed by atoms with Gasteiger partial charge in [-0.3, -0.25) is 4.79 Å². The molecule has 16 heavy (non-hydrogen) atoms. The van der Waals surface area contributed by atoms with Crippen LogP contribution in [-0.2, 0) is 4.79 Å². The van der Waals surface area contributed by atoms with Crippen LogP contribution in [0.2, 0.25) is 0 Å². The van der Waals surface area contributed by atoms with Gasteiger partial charge in [0.05, 0.1) is 6.61 Å². The molecule has 1 aromatic carbocycles. The van der Waals surface area contributed by atoms with E-state index in [1.807, 2.05) is 0 Å². The van der Waals surface area contributed by atoms with E-state index in [4.69, 9.17) is 15.6 Å². The van der Waals surface area contributed by atoms with Crippen molar-refractivity contribution in [3.8, 4) is 5.75 Å². The Hall–Kier alpha value is -1.72. The predicted molar refractivity (Wildman–Crippen MR) is 57.1 cm³/mol. The van der Waals surface area contributed by atoms with Crippen molar-refractivity contribution in [1.29, 1.82) is 0 Å². The van der Waals surface area contributed by atoms with E-state index in [9.17, 15) is 9.59 Å². The third kappa shape index (κ3) is 3.15. The maximum Gasteiger partial charge on any atom is 0.330 e. The van der Waals surface area contributed by atoms with Crippen molar-refractivity contribution in [3.63, 3.8) is 0 Å². The van der Waals surface area contributed by atoms with E-state index in [2.05, 4.69) is 0 Å². The summed E-state index contributed by atoms with van der Waals surface area (Å²) in [5.74, 6) is -0.484. The molecule has 5 nitrogen and oxygen atoms in total.